The monoisotopic (exact) mass is 366 g/mol. The van der Waals surface area contributed by atoms with Crippen LogP contribution in [-0.2, 0) is 20.7 Å². The number of benzene rings is 2. The summed E-state index contributed by atoms with van der Waals surface area (Å²) in [5.41, 5.74) is 3.14. The van der Waals surface area contributed by atoms with Crippen LogP contribution in [0.5, 0.6) is 0 Å². The molecular formula is C22H26N2O3. The van der Waals surface area contributed by atoms with Crippen LogP contribution in [0.25, 0.3) is 0 Å². The van der Waals surface area contributed by atoms with Gasteiger partial charge in [0.15, 0.2) is 6.10 Å². The molecule has 5 heteroatoms. The van der Waals surface area contributed by atoms with E-state index in [2.05, 4.69) is 17.0 Å². The smallest absolute Gasteiger partial charge is 0.311 e. The lowest BCUT2D eigenvalue weighted by atomic mass is 10.1. The number of carbonyl (C=O) groups excluding carboxylic acids is 2. The summed E-state index contributed by atoms with van der Waals surface area (Å²) in [6.45, 7) is 6.44. The maximum Gasteiger partial charge on any atom is 0.311 e. The molecule has 2 aromatic carbocycles. The van der Waals surface area contributed by atoms with E-state index in [1.54, 1.807) is 11.8 Å². The molecule has 1 aliphatic rings. The van der Waals surface area contributed by atoms with E-state index in [0.717, 1.165) is 24.2 Å². The third-order valence-corrected chi connectivity index (χ3v) is 4.96. The van der Waals surface area contributed by atoms with Gasteiger partial charge in [0.2, 0.25) is 0 Å². The molecule has 3 rings (SSSR count). The van der Waals surface area contributed by atoms with Gasteiger partial charge >= 0.3 is 5.97 Å². The summed E-state index contributed by atoms with van der Waals surface area (Å²) in [6, 6.07) is 17.9. The van der Waals surface area contributed by atoms with E-state index in [4.69, 9.17) is 4.74 Å². The number of carbonyl (C=O) groups is 2. The number of aryl methyl sites for hydroxylation is 1. The molecule has 1 aliphatic heterocycles. The Hall–Kier alpha value is -2.82. The van der Waals surface area contributed by atoms with Gasteiger partial charge in [-0.25, -0.2) is 0 Å². The van der Waals surface area contributed by atoms with Crippen molar-refractivity contribution in [1.82, 2.24) is 4.90 Å². The molecule has 0 radical (unpaired) electrons. The summed E-state index contributed by atoms with van der Waals surface area (Å²) in [7, 11) is 0. The van der Waals surface area contributed by atoms with Crippen molar-refractivity contribution in [3.8, 4) is 0 Å². The third-order valence-electron chi connectivity index (χ3n) is 4.96. The van der Waals surface area contributed by atoms with E-state index in [9.17, 15) is 9.59 Å². The highest BCUT2D eigenvalue weighted by molar-refractivity contribution is 5.84. The largest absolute Gasteiger partial charge is 0.452 e. The highest BCUT2D eigenvalue weighted by atomic mass is 16.5. The summed E-state index contributed by atoms with van der Waals surface area (Å²) in [5.74, 6) is -0.492. The third kappa shape index (κ3) is 4.88. The topological polar surface area (TPSA) is 49.9 Å². The van der Waals surface area contributed by atoms with Crippen LogP contribution in [0.3, 0.4) is 0 Å². The number of esters is 1. The average molecular weight is 366 g/mol. The second kappa shape index (κ2) is 8.71. The summed E-state index contributed by atoms with van der Waals surface area (Å²) in [5, 5.41) is 0. The number of piperazine rings is 1. The maximum atomic E-state index is 12.6. The van der Waals surface area contributed by atoms with Gasteiger partial charge in [-0.2, -0.15) is 0 Å². The van der Waals surface area contributed by atoms with Gasteiger partial charge in [0.1, 0.15) is 0 Å². The summed E-state index contributed by atoms with van der Waals surface area (Å²) < 4.78 is 5.39. The molecular weight excluding hydrogens is 340 g/mol. The van der Waals surface area contributed by atoms with E-state index in [-0.39, 0.29) is 18.3 Å². The van der Waals surface area contributed by atoms with Crippen molar-refractivity contribution in [3.05, 3.63) is 65.7 Å². The van der Waals surface area contributed by atoms with E-state index >= 15 is 0 Å². The SMILES string of the molecule is Cc1ccccc1CC(=O)O[C@H](C)C(=O)N1CCN(c2ccccc2)CC1. The van der Waals surface area contributed by atoms with Gasteiger partial charge in [-0.1, -0.05) is 42.5 Å². The first-order valence-corrected chi connectivity index (χ1v) is 9.37. The fraction of sp³-hybridized carbons (Fsp3) is 0.364. The van der Waals surface area contributed by atoms with Crippen molar-refractivity contribution in [2.24, 2.45) is 0 Å². The predicted molar refractivity (Wildman–Crippen MR) is 106 cm³/mol. The number of para-hydroxylation sites is 1. The van der Waals surface area contributed by atoms with E-state index in [1.165, 1.54) is 5.69 Å². The molecule has 0 saturated carbocycles. The van der Waals surface area contributed by atoms with E-state index in [0.29, 0.717) is 13.1 Å². The Labute approximate surface area is 160 Å². The molecule has 0 unspecified atom stereocenters. The molecule has 1 fully saturated rings. The van der Waals surface area contributed by atoms with Crippen LogP contribution in [0.4, 0.5) is 5.69 Å². The van der Waals surface area contributed by atoms with Crippen LogP contribution in [-0.4, -0.2) is 49.1 Å². The fourth-order valence-electron chi connectivity index (χ4n) is 3.33. The van der Waals surface area contributed by atoms with Crippen LogP contribution in [0.2, 0.25) is 0 Å². The Bertz CT molecular complexity index is 783. The zero-order valence-electron chi connectivity index (χ0n) is 15.9. The summed E-state index contributed by atoms with van der Waals surface area (Å²) >= 11 is 0. The minimum absolute atomic E-state index is 0.124. The van der Waals surface area contributed by atoms with E-state index in [1.807, 2.05) is 49.4 Å². The molecule has 0 bridgehead atoms. The summed E-state index contributed by atoms with van der Waals surface area (Å²) in [6.07, 6.45) is -0.573. The van der Waals surface area contributed by atoms with Gasteiger partial charge in [-0.3, -0.25) is 9.59 Å². The molecule has 1 amide bonds. The van der Waals surface area contributed by atoms with Gasteiger partial charge < -0.3 is 14.5 Å². The average Bonchev–Trinajstić information content (AvgIpc) is 2.70. The molecule has 5 nitrogen and oxygen atoms in total. The van der Waals surface area contributed by atoms with Crippen LogP contribution >= 0.6 is 0 Å². The lowest BCUT2D eigenvalue weighted by Crippen LogP contribution is -2.51. The fourth-order valence-corrected chi connectivity index (χ4v) is 3.33. The second-order valence-corrected chi connectivity index (χ2v) is 6.88. The molecule has 1 atom stereocenters. The standard InChI is InChI=1S/C22H26N2O3/c1-17-8-6-7-9-19(17)16-21(25)27-18(2)22(26)24-14-12-23(13-15-24)20-10-4-3-5-11-20/h3-11,18H,12-16H2,1-2H3/t18-/m1/s1. The number of amides is 1. The van der Waals surface area contributed by atoms with Crippen molar-refractivity contribution >= 4 is 17.6 Å². The molecule has 2 aromatic rings. The quantitative estimate of drug-likeness (QED) is 0.764. The Balaban J connectivity index is 1.49. The van der Waals surface area contributed by atoms with Crippen LogP contribution < -0.4 is 4.90 Å². The van der Waals surface area contributed by atoms with Crippen LogP contribution in [0.1, 0.15) is 18.1 Å². The number of anilines is 1. The molecule has 0 N–H and O–H groups in total. The number of nitrogens with zero attached hydrogens (tertiary/aromatic N) is 2. The van der Waals surface area contributed by atoms with Gasteiger partial charge in [0.05, 0.1) is 6.42 Å². The highest BCUT2D eigenvalue weighted by Gasteiger charge is 2.27. The first-order chi connectivity index (χ1) is 13.0. The zero-order valence-corrected chi connectivity index (χ0v) is 15.9. The number of ether oxygens (including phenoxy) is 1. The number of hydrogen-bond donors (Lipinski definition) is 0. The van der Waals surface area contributed by atoms with Crippen molar-refractivity contribution < 1.29 is 14.3 Å². The molecule has 27 heavy (non-hydrogen) atoms. The lowest BCUT2D eigenvalue weighted by Gasteiger charge is -2.37. The molecule has 0 aliphatic carbocycles. The molecule has 142 valence electrons. The lowest BCUT2D eigenvalue weighted by molar-refractivity contribution is -0.158. The van der Waals surface area contributed by atoms with Crippen LogP contribution in [0.15, 0.2) is 54.6 Å². The van der Waals surface area contributed by atoms with Gasteiger partial charge in [-0.15, -0.1) is 0 Å². The van der Waals surface area contributed by atoms with Gasteiger partial charge in [-0.05, 0) is 37.1 Å². The van der Waals surface area contributed by atoms with Crippen molar-refractivity contribution in [2.45, 2.75) is 26.4 Å². The molecule has 1 saturated heterocycles. The Kier molecular flexibility index (Phi) is 6.12. The highest BCUT2D eigenvalue weighted by Crippen LogP contribution is 2.16. The number of hydrogen-bond acceptors (Lipinski definition) is 4. The molecule has 0 aromatic heterocycles. The number of rotatable bonds is 5. The minimum atomic E-state index is -0.759. The summed E-state index contributed by atoms with van der Waals surface area (Å²) in [4.78, 5) is 28.9. The first-order valence-electron chi connectivity index (χ1n) is 9.37. The normalized spacial score (nSPS) is 15.3. The molecule has 1 heterocycles. The zero-order chi connectivity index (χ0) is 19.2. The van der Waals surface area contributed by atoms with E-state index < -0.39 is 6.10 Å². The predicted octanol–water partition coefficient (Wildman–Crippen LogP) is 2.82. The first kappa shape index (κ1) is 19.0. The maximum absolute atomic E-state index is 12.6. The Morgan fingerprint density at radius 2 is 1.59 bits per heavy atom. The van der Waals surface area contributed by atoms with Crippen molar-refractivity contribution in [3.63, 3.8) is 0 Å². The van der Waals surface area contributed by atoms with Crippen molar-refractivity contribution in [1.29, 1.82) is 0 Å². The van der Waals surface area contributed by atoms with Gasteiger partial charge in [0, 0.05) is 31.9 Å². The van der Waals surface area contributed by atoms with Crippen molar-refractivity contribution in [2.75, 3.05) is 31.1 Å². The second-order valence-electron chi connectivity index (χ2n) is 6.88. The minimum Gasteiger partial charge on any atom is -0.452 e. The Morgan fingerprint density at radius 3 is 2.26 bits per heavy atom. The molecule has 0 spiro atoms. The van der Waals surface area contributed by atoms with Crippen LogP contribution in [0, 0.1) is 6.92 Å². The Morgan fingerprint density at radius 1 is 0.963 bits per heavy atom. The van der Waals surface area contributed by atoms with Gasteiger partial charge in [0.25, 0.3) is 5.91 Å².